The third-order valence-corrected chi connectivity index (χ3v) is 9.65. The number of nitrogens with one attached hydrogen (secondary N) is 2. The van der Waals surface area contributed by atoms with E-state index >= 15 is 0 Å². The Morgan fingerprint density at radius 2 is 1.94 bits per heavy atom. The third kappa shape index (κ3) is 4.33. The fourth-order valence-corrected chi connectivity index (χ4v) is 6.87. The van der Waals surface area contributed by atoms with Crippen LogP contribution in [0.15, 0.2) is 31.0 Å². The third-order valence-electron chi connectivity index (χ3n) is 6.78. The molecule has 3 aliphatic carbocycles. The number of fused-ring (bicyclic) bond motifs is 1. The Hall–Kier alpha value is -3.19. The lowest BCUT2D eigenvalue weighted by atomic mass is 9.89. The van der Waals surface area contributed by atoms with Gasteiger partial charge in [0, 0.05) is 12.3 Å². The van der Waals surface area contributed by atoms with Gasteiger partial charge in [0.2, 0.25) is 15.9 Å². The van der Waals surface area contributed by atoms with E-state index in [2.05, 4.69) is 35.0 Å². The lowest BCUT2D eigenvalue weighted by molar-refractivity contribution is 0.0888. The molecule has 182 valence electrons. The van der Waals surface area contributed by atoms with E-state index in [9.17, 15) is 13.2 Å². The van der Waals surface area contributed by atoms with E-state index in [0.717, 1.165) is 19.3 Å². The predicted molar refractivity (Wildman–Crippen MR) is 127 cm³/mol. The lowest BCUT2D eigenvalue weighted by Gasteiger charge is -2.31. The zero-order valence-corrected chi connectivity index (χ0v) is 20.5. The van der Waals surface area contributed by atoms with Crippen LogP contribution in [0, 0.1) is 11.8 Å². The zero-order chi connectivity index (χ0) is 24.2. The number of anilines is 1. The Balaban J connectivity index is 1.25. The van der Waals surface area contributed by atoms with E-state index in [1.807, 2.05) is 0 Å². The number of methoxy groups -OCH3 is 1. The minimum atomic E-state index is -3.45. The fraction of sp³-hybridized carbons (Fsp3) is 0.455. The van der Waals surface area contributed by atoms with Crippen LogP contribution in [0.4, 0.5) is 5.82 Å². The molecule has 13 heteroatoms. The van der Waals surface area contributed by atoms with Gasteiger partial charge in [-0.2, -0.15) is 0 Å². The molecule has 0 aromatic carbocycles. The van der Waals surface area contributed by atoms with Crippen LogP contribution in [0.2, 0.25) is 0 Å². The van der Waals surface area contributed by atoms with Crippen molar-refractivity contribution in [2.24, 2.45) is 11.8 Å². The molecule has 11 nitrogen and oxygen atoms in total. The molecule has 1 amide bonds. The quantitative estimate of drug-likeness (QED) is 0.463. The van der Waals surface area contributed by atoms with Crippen molar-refractivity contribution < 1.29 is 17.9 Å². The number of carbonyl (C=O) groups is 1. The summed E-state index contributed by atoms with van der Waals surface area (Å²) in [6.07, 6.45) is 9.99. The van der Waals surface area contributed by atoms with E-state index in [4.69, 9.17) is 4.74 Å². The molecule has 0 saturated heterocycles. The summed E-state index contributed by atoms with van der Waals surface area (Å²) in [4.78, 5) is 35.3. The standard InChI is InChI=1S/C22H23N7O4S2/c1-33-19-10-23-8-15(27-19)16-9-24-21(34-16)20(30)28-22(6-12-4-13(12)7-22)17-5-18(26-11-25-17)29-35(31,32)14-2-3-14/h5,8-14H,2-4,6-7H2,1H3,(H,28,30)(H,25,26,29). The molecule has 0 spiro atoms. The molecule has 3 saturated carbocycles. The van der Waals surface area contributed by atoms with Gasteiger partial charge < -0.3 is 10.1 Å². The molecule has 35 heavy (non-hydrogen) atoms. The minimum Gasteiger partial charge on any atom is -0.480 e. The molecule has 2 N–H and O–H groups in total. The van der Waals surface area contributed by atoms with Crippen LogP contribution in [0.3, 0.4) is 0 Å². The maximum atomic E-state index is 13.3. The molecule has 2 atom stereocenters. The number of sulfonamides is 1. The number of nitrogens with zero attached hydrogens (tertiary/aromatic N) is 5. The SMILES string of the molecule is COc1cncc(-c2cnc(C(=O)NC3(c4cc(NS(=O)(=O)C5CC5)ncn4)CC4CC4C3)s2)n1. The highest BCUT2D eigenvalue weighted by Crippen LogP contribution is 2.59. The summed E-state index contributed by atoms with van der Waals surface area (Å²) < 4.78 is 32.5. The largest absolute Gasteiger partial charge is 0.480 e. The molecular formula is C22H23N7O4S2. The molecule has 0 radical (unpaired) electrons. The van der Waals surface area contributed by atoms with Gasteiger partial charge in [-0.3, -0.25) is 14.5 Å². The van der Waals surface area contributed by atoms with Gasteiger partial charge in [-0.1, -0.05) is 0 Å². The van der Waals surface area contributed by atoms with Gasteiger partial charge in [-0.15, -0.1) is 11.3 Å². The van der Waals surface area contributed by atoms with E-state index in [1.165, 1.54) is 31.0 Å². The number of hydrogen-bond donors (Lipinski definition) is 2. The first-order chi connectivity index (χ1) is 16.8. The van der Waals surface area contributed by atoms with Gasteiger partial charge in [0.05, 0.1) is 40.9 Å². The summed E-state index contributed by atoms with van der Waals surface area (Å²) >= 11 is 1.22. The highest BCUT2D eigenvalue weighted by Gasteiger charge is 2.56. The van der Waals surface area contributed by atoms with Crippen LogP contribution in [0.5, 0.6) is 5.88 Å². The highest BCUT2D eigenvalue weighted by atomic mass is 32.2. The smallest absolute Gasteiger partial charge is 0.281 e. The Labute approximate surface area is 205 Å². The number of thiazole rings is 1. The summed E-state index contributed by atoms with van der Waals surface area (Å²) in [6.45, 7) is 0. The molecule has 6 rings (SSSR count). The fourth-order valence-electron chi connectivity index (χ4n) is 4.78. The highest BCUT2D eigenvalue weighted by molar-refractivity contribution is 7.93. The van der Waals surface area contributed by atoms with E-state index < -0.39 is 15.6 Å². The number of carbonyl (C=O) groups excluding carboxylic acids is 1. The van der Waals surface area contributed by atoms with E-state index in [1.54, 1.807) is 18.5 Å². The van der Waals surface area contributed by atoms with Gasteiger partial charge in [0.15, 0.2) is 5.01 Å². The van der Waals surface area contributed by atoms with Crippen LogP contribution >= 0.6 is 11.3 Å². The number of hydrogen-bond acceptors (Lipinski definition) is 10. The Morgan fingerprint density at radius 1 is 1.14 bits per heavy atom. The van der Waals surface area contributed by atoms with Crippen molar-refractivity contribution in [3.63, 3.8) is 0 Å². The molecule has 3 aromatic heterocycles. The summed E-state index contributed by atoms with van der Waals surface area (Å²) in [5.41, 5.74) is 0.479. The summed E-state index contributed by atoms with van der Waals surface area (Å²) in [5.74, 6) is 1.34. The van der Waals surface area contributed by atoms with E-state index in [-0.39, 0.29) is 17.0 Å². The van der Waals surface area contributed by atoms with Gasteiger partial charge in [-0.05, 0) is 43.9 Å². The van der Waals surface area contributed by atoms with Crippen LogP contribution in [0.25, 0.3) is 10.6 Å². The first-order valence-electron chi connectivity index (χ1n) is 11.3. The first kappa shape index (κ1) is 22.3. The normalized spacial score (nSPS) is 25.1. The zero-order valence-electron chi connectivity index (χ0n) is 18.8. The number of ether oxygens (including phenoxy) is 1. The molecule has 3 heterocycles. The molecule has 3 aliphatic rings. The van der Waals surface area contributed by atoms with Gasteiger partial charge in [0.25, 0.3) is 5.91 Å². The lowest BCUT2D eigenvalue weighted by Crippen LogP contribution is -2.45. The molecule has 2 unspecified atom stereocenters. The maximum Gasteiger partial charge on any atom is 0.281 e. The number of aromatic nitrogens is 5. The minimum absolute atomic E-state index is 0.226. The van der Waals surface area contributed by atoms with E-state index in [0.29, 0.717) is 51.8 Å². The second kappa shape index (κ2) is 8.19. The Bertz CT molecular complexity index is 1400. The van der Waals surface area contributed by atoms with Gasteiger partial charge in [-0.25, -0.2) is 28.4 Å². The first-order valence-corrected chi connectivity index (χ1v) is 13.7. The van der Waals surface area contributed by atoms with Crippen molar-refractivity contribution in [1.29, 1.82) is 0 Å². The second-order valence-electron chi connectivity index (χ2n) is 9.31. The summed E-state index contributed by atoms with van der Waals surface area (Å²) in [6, 6.07) is 1.64. The average Bonchev–Trinajstić information content (AvgIpc) is 3.75. The van der Waals surface area contributed by atoms with Crippen molar-refractivity contribution in [1.82, 2.24) is 30.2 Å². The van der Waals surface area contributed by atoms with Crippen molar-refractivity contribution in [2.75, 3.05) is 11.8 Å². The molecule has 0 aliphatic heterocycles. The van der Waals surface area contributed by atoms with Crippen LogP contribution in [-0.4, -0.2) is 51.6 Å². The van der Waals surface area contributed by atoms with Crippen molar-refractivity contribution in [2.45, 2.75) is 42.9 Å². The van der Waals surface area contributed by atoms with Crippen molar-refractivity contribution >= 4 is 33.1 Å². The Kier molecular flexibility index (Phi) is 5.22. The average molecular weight is 514 g/mol. The molecular weight excluding hydrogens is 490 g/mol. The van der Waals surface area contributed by atoms with Crippen LogP contribution in [0.1, 0.15) is 47.6 Å². The number of rotatable bonds is 8. The van der Waals surface area contributed by atoms with Gasteiger partial charge in [0.1, 0.15) is 17.8 Å². The van der Waals surface area contributed by atoms with Crippen molar-refractivity contribution in [3.05, 3.63) is 41.7 Å². The topological polar surface area (TPSA) is 149 Å². The van der Waals surface area contributed by atoms with Crippen LogP contribution in [-0.2, 0) is 15.6 Å². The van der Waals surface area contributed by atoms with Gasteiger partial charge >= 0.3 is 0 Å². The maximum absolute atomic E-state index is 13.3. The van der Waals surface area contributed by atoms with Crippen molar-refractivity contribution in [3.8, 4) is 16.5 Å². The van der Waals surface area contributed by atoms with Crippen LogP contribution < -0.4 is 14.8 Å². The monoisotopic (exact) mass is 513 g/mol. The molecule has 3 aromatic rings. The second-order valence-corrected chi connectivity index (χ2v) is 12.3. The Morgan fingerprint density at radius 3 is 2.69 bits per heavy atom. The summed E-state index contributed by atoms with van der Waals surface area (Å²) in [5, 5.41) is 3.12. The number of amides is 1. The molecule has 0 bridgehead atoms. The summed E-state index contributed by atoms with van der Waals surface area (Å²) in [7, 11) is -1.94. The predicted octanol–water partition coefficient (Wildman–Crippen LogP) is 2.36. The molecule has 3 fully saturated rings.